The Morgan fingerprint density at radius 2 is 2.30 bits per heavy atom. The lowest BCUT2D eigenvalue weighted by molar-refractivity contribution is -0.385. The first-order valence-corrected chi connectivity index (χ1v) is 6.30. The summed E-state index contributed by atoms with van der Waals surface area (Å²) in [6.07, 6.45) is 0.708. The van der Waals surface area contributed by atoms with Gasteiger partial charge in [0.25, 0.3) is 5.69 Å². The molecule has 1 saturated heterocycles. The van der Waals surface area contributed by atoms with E-state index in [2.05, 4.69) is 0 Å². The highest BCUT2D eigenvalue weighted by Gasteiger charge is 2.37. The molecule has 2 atom stereocenters. The maximum absolute atomic E-state index is 13.3. The maximum Gasteiger partial charge on any atom is 0.321 e. The molecule has 7 heteroatoms. The summed E-state index contributed by atoms with van der Waals surface area (Å²) in [6, 6.07) is 2.56. The molecule has 0 amide bonds. The van der Waals surface area contributed by atoms with Gasteiger partial charge in [-0.15, -0.1) is 0 Å². The first-order chi connectivity index (χ1) is 9.40. The van der Waals surface area contributed by atoms with Crippen LogP contribution < -0.4 is 0 Å². The van der Waals surface area contributed by atoms with Gasteiger partial charge in [0, 0.05) is 18.2 Å². The van der Waals surface area contributed by atoms with Crippen molar-refractivity contribution in [3.63, 3.8) is 0 Å². The Morgan fingerprint density at radius 1 is 1.60 bits per heavy atom. The summed E-state index contributed by atoms with van der Waals surface area (Å²) in [5.74, 6) is -1.54. The molecular formula is C13H15FN2O4. The van der Waals surface area contributed by atoms with E-state index in [4.69, 9.17) is 0 Å². The van der Waals surface area contributed by atoms with E-state index in [0.29, 0.717) is 13.0 Å². The summed E-state index contributed by atoms with van der Waals surface area (Å²) < 4.78 is 13.3. The third-order valence-corrected chi connectivity index (χ3v) is 3.67. The Morgan fingerprint density at radius 3 is 2.90 bits per heavy atom. The summed E-state index contributed by atoms with van der Waals surface area (Å²) in [5.41, 5.74) is 0.0189. The third kappa shape index (κ3) is 2.77. The SMILES string of the molecule is CC1CCN(Cc2cc(F)ccc2[N+](=O)[O-])C1C(=O)O. The standard InChI is InChI=1S/C13H15FN2O4/c1-8-4-5-15(12(8)13(17)18)7-9-6-10(14)2-3-11(9)16(19)20/h2-3,6,8,12H,4-5,7H2,1H3,(H,17,18). The molecule has 0 saturated carbocycles. The van der Waals surface area contributed by atoms with Gasteiger partial charge in [0.1, 0.15) is 11.9 Å². The van der Waals surface area contributed by atoms with Crippen molar-refractivity contribution in [3.05, 3.63) is 39.7 Å². The lowest BCUT2D eigenvalue weighted by Crippen LogP contribution is -2.38. The van der Waals surface area contributed by atoms with Crippen LogP contribution in [0.2, 0.25) is 0 Å². The molecule has 2 unspecified atom stereocenters. The van der Waals surface area contributed by atoms with Gasteiger partial charge in [-0.3, -0.25) is 19.8 Å². The van der Waals surface area contributed by atoms with E-state index in [0.717, 1.165) is 18.2 Å². The number of likely N-dealkylation sites (tertiary alicyclic amines) is 1. The molecule has 0 aliphatic carbocycles. The van der Waals surface area contributed by atoms with Crippen LogP contribution in [0.3, 0.4) is 0 Å². The van der Waals surface area contributed by atoms with Crippen molar-refractivity contribution in [2.24, 2.45) is 5.92 Å². The quantitative estimate of drug-likeness (QED) is 0.674. The third-order valence-electron chi connectivity index (χ3n) is 3.67. The summed E-state index contributed by atoms with van der Waals surface area (Å²) in [7, 11) is 0. The van der Waals surface area contributed by atoms with E-state index < -0.39 is 22.8 Å². The number of nitro benzene ring substituents is 1. The van der Waals surface area contributed by atoms with E-state index in [1.54, 1.807) is 4.90 Å². The minimum atomic E-state index is -0.950. The minimum absolute atomic E-state index is 0.0277. The highest BCUT2D eigenvalue weighted by molar-refractivity contribution is 5.74. The second-order valence-corrected chi connectivity index (χ2v) is 5.05. The molecule has 1 aliphatic heterocycles. The number of hydrogen-bond donors (Lipinski definition) is 1. The highest BCUT2D eigenvalue weighted by atomic mass is 19.1. The molecule has 1 N–H and O–H groups in total. The van der Waals surface area contributed by atoms with Gasteiger partial charge in [-0.25, -0.2) is 4.39 Å². The monoisotopic (exact) mass is 282 g/mol. The average molecular weight is 282 g/mol. The Balaban J connectivity index is 2.27. The zero-order chi connectivity index (χ0) is 14.9. The fraction of sp³-hybridized carbons (Fsp3) is 0.462. The fourth-order valence-electron chi connectivity index (χ4n) is 2.68. The second-order valence-electron chi connectivity index (χ2n) is 5.05. The summed E-state index contributed by atoms with van der Waals surface area (Å²) in [4.78, 5) is 23.3. The predicted molar refractivity (Wildman–Crippen MR) is 68.7 cm³/mol. The van der Waals surface area contributed by atoms with E-state index in [-0.39, 0.29) is 23.7 Å². The number of carboxylic acid groups (broad SMARTS) is 1. The Hall–Kier alpha value is -2.02. The molecule has 1 aromatic carbocycles. The van der Waals surface area contributed by atoms with Crippen LogP contribution in [0.4, 0.5) is 10.1 Å². The van der Waals surface area contributed by atoms with Gasteiger partial charge in [-0.1, -0.05) is 6.92 Å². The zero-order valence-electron chi connectivity index (χ0n) is 11.0. The molecule has 0 spiro atoms. The van der Waals surface area contributed by atoms with Gasteiger partial charge in [0.2, 0.25) is 0 Å². The summed E-state index contributed by atoms with van der Waals surface area (Å²) in [5, 5.41) is 20.2. The number of benzene rings is 1. The van der Waals surface area contributed by atoms with Crippen LogP contribution in [0.1, 0.15) is 18.9 Å². The van der Waals surface area contributed by atoms with E-state index in [9.17, 15) is 24.4 Å². The molecule has 1 heterocycles. The largest absolute Gasteiger partial charge is 0.480 e. The van der Waals surface area contributed by atoms with Crippen LogP contribution in [-0.4, -0.2) is 33.5 Å². The number of nitrogens with zero attached hydrogens (tertiary/aromatic N) is 2. The van der Waals surface area contributed by atoms with Crippen molar-refractivity contribution in [1.29, 1.82) is 0 Å². The molecule has 20 heavy (non-hydrogen) atoms. The number of carbonyl (C=O) groups is 1. The smallest absolute Gasteiger partial charge is 0.321 e. The van der Waals surface area contributed by atoms with Crippen molar-refractivity contribution >= 4 is 11.7 Å². The van der Waals surface area contributed by atoms with Gasteiger partial charge in [0.15, 0.2) is 0 Å². The molecule has 1 aliphatic rings. The molecule has 0 radical (unpaired) electrons. The van der Waals surface area contributed by atoms with Gasteiger partial charge in [-0.05, 0) is 31.0 Å². The highest BCUT2D eigenvalue weighted by Crippen LogP contribution is 2.29. The fourth-order valence-corrected chi connectivity index (χ4v) is 2.68. The Kier molecular flexibility index (Phi) is 3.99. The van der Waals surface area contributed by atoms with Gasteiger partial charge in [0.05, 0.1) is 4.92 Å². The normalized spacial score (nSPS) is 22.9. The van der Waals surface area contributed by atoms with Gasteiger partial charge >= 0.3 is 5.97 Å². The molecule has 1 fully saturated rings. The van der Waals surface area contributed by atoms with E-state index in [1.165, 1.54) is 0 Å². The Bertz CT molecular complexity index is 549. The lowest BCUT2D eigenvalue weighted by atomic mass is 10.0. The number of hydrogen-bond acceptors (Lipinski definition) is 4. The van der Waals surface area contributed by atoms with Crippen molar-refractivity contribution < 1.29 is 19.2 Å². The van der Waals surface area contributed by atoms with Gasteiger partial charge < -0.3 is 5.11 Å². The number of nitro groups is 1. The van der Waals surface area contributed by atoms with Crippen LogP contribution in [0.5, 0.6) is 0 Å². The first kappa shape index (κ1) is 14.4. The van der Waals surface area contributed by atoms with Crippen molar-refractivity contribution in [2.45, 2.75) is 25.9 Å². The maximum atomic E-state index is 13.3. The molecule has 0 aromatic heterocycles. The molecule has 108 valence electrons. The van der Waals surface area contributed by atoms with Crippen LogP contribution in [-0.2, 0) is 11.3 Å². The molecular weight excluding hydrogens is 267 g/mol. The number of carboxylic acids is 1. The van der Waals surface area contributed by atoms with Crippen LogP contribution >= 0.6 is 0 Å². The number of rotatable bonds is 4. The minimum Gasteiger partial charge on any atom is -0.480 e. The van der Waals surface area contributed by atoms with Crippen molar-refractivity contribution in [3.8, 4) is 0 Å². The average Bonchev–Trinajstić information content (AvgIpc) is 2.70. The number of aliphatic carboxylic acids is 1. The number of halogens is 1. The second kappa shape index (κ2) is 5.54. The summed E-state index contributed by atoms with van der Waals surface area (Å²) >= 11 is 0. The lowest BCUT2D eigenvalue weighted by Gasteiger charge is -2.22. The molecule has 2 rings (SSSR count). The van der Waals surface area contributed by atoms with Gasteiger partial charge in [-0.2, -0.15) is 0 Å². The zero-order valence-corrected chi connectivity index (χ0v) is 11.0. The Labute approximate surface area is 115 Å². The first-order valence-electron chi connectivity index (χ1n) is 6.30. The van der Waals surface area contributed by atoms with Crippen molar-refractivity contribution in [2.75, 3.05) is 6.54 Å². The molecule has 6 nitrogen and oxygen atoms in total. The molecule has 1 aromatic rings. The van der Waals surface area contributed by atoms with E-state index in [1.807, 2.05) is 6.92 Å². The van der Waals surface area contributed by atoms with Crippen LogP contribution in [0, 0.1) is 21.8 Å². The van der Waals surface area contributed by atoms with Crippen molar-refractivity contribution in [1.82, 2.24) is 4.90 Å². The topological polar surface area (TPSA) is 83.7 Å². The van der Waals surface area contributed by atoms with Crippen LogP contribution in [0.25, 0.3) is 0 Å². The molecule has 0 bridgehead atoms. The summed E-state index contributed by atoms with van der Waals surface area (Å²) in [6.45, 7) is 2.43. The van der Waals surface area contributed by atoms with E-state index >= 15 is 0 Å². The van der Waals surface area contributed by atoms with Crippen LogP contribution in [0.15, 0.2) is 18.2 Å². The predicted octanol–water partition coefficient (Wildman–Crippen LogP) is 2.03.